The Morgan fingerprint density at radius 3 is 3.08 bits per heavy atom. The summed E-state index contributed by atoms with van der Waals surface area (Å²) < 4.78 is 1.22. The molecule has 2 aromatic rings. The average molecular weight is 230 g/mol. The third kappa shape index (κ3) is 1.82. The summed E-state index contributed by atoms with van der Waals surface area (Å²) in [5, 5.41) is 0.995. The first-order valence-electron chi connectivity index (χ1n) is 3.83. The fourth-order valence-corrected chi connectivity index (χ4v) is 2.59. The number of hydrogen-bond acceptors (Lipinski definition) is 3. The molecule has 0 fully saturated rings. The standard InChI is InChI=1S/C9H8ClNS2/c1-12-6-2-3-8-7(4-6)11-9(5-10)13-8/h2-4H,5H2,1H3. The van der Waals surface area contributed by atoms with Gasteiger partial charge in [-0.2, -0.15) is 0 Å². The van der Waals surface area contributed by atoms with E-state index in [1.807, 2.05) is 0 Å². The molecule has 13 heavy (non-hydrogen) atoms. The maximum absolute atomic E-state index is 5.71. The van der Waals surface area contributed by atoms with Crippen molar-refractivity contribution in [2.24, 2.45) is 0 Å². The van der Waals surface area contributed by atoms with Crippen LogP contribution in [0.3, 0.4) is 0 Å². The van der Waals surface area contributed by atoms with Gasteiger partial charge >= 0.3 is 0 Å². The zero-order valence-corrected chi connectivity index (χ0v) is 9.47. The maximum Gasteiger partial charge on any atom is 0.109 e. The van der Waals surface area contributed by atoms with Crippen molar-refractivity contribution in [3.63, 3.8) is 0 Å². The number of hydrogen-bond donors (Lipinski definition) is 0. The SMILES string of the molecule is CSc1ccc2sc(CCl)nc2c1. The molecule has 0 saturated carbocycles. The van der Waals surface area contributed by atoms with Crippen LogP contribution in [0.1, 0.15) is 5.01 Å². The topological polar surface area (TPSA) is 12.9 Å². The number of thiazole rings is 1. The molecular weight excluding hydrogens is 222 g/mol. The molecular formula is C9H8ClNS2. The Kier molecular flexibility index (Phi) is 2.77. The molecule has 2 rings (SSSR count). The predicted molar refractivity (Wildman–Crippen MR) is 61.0 cm³/mol. The maximum atomic E-state index is 5.71. The van der Waals surface area contributed by atoms with Crippen molar-refractivity contribution in [1.29, 1.82) is 0 Å². The van der Waals surface area contributed by atoms with Gasteiger partial charge in [0, 0.05) is 4.90 Å². The van der Waals surface area contributed by atoms with Gasteiger partial charge in [-0.05, 0) is 24.5 Å². The Balaban J connectivity index is 2.57. The van der Waals surface area contributed by atoms with Crippen LogP contribution >= 0.6 is 34.7 Å². The molecule has 0 radical (unpaired) electrons. The summed E-state index contributed by atoms with van der Waals surface area (Å²) in [6, 6.07) is 6.32. The molecule has 0 aliphatic heterocycles. The number of rotatable bonds is 2. The van der Waals surface area contributed by atoms with Gasteiger partial charge in [0.1, 0.15) is 5.01 Å². The summed E-state index contributed by atoms with van der Waals surface area (Å²) in [5.41, 5.74) is 1.06. The molecule has 0 amide bonds. The molecule has 1 nitrogen and oxygen atoms in total. The van der Waals surface area contributed by atoms with Gasteiger partial charge < -0.3 is 0 Å². The number of halogens is 1. The Labute approximate surface area is 90.1 Å². The van der Waals surface area contributed by atoms with E-state index >= 15 is 0 Å². The van der Waals surface area contributed by atoms with Crippen LogP contribution in [-0.2, 0) is 5.88 Å². The van der Waals surface area contributed by atoms with E-state index < -0.39 is 0 Å². The van der Waals surface area contributed by atoms with Crippen molar-refractivity contribution in [3.8, 4) is 0 Å². The summed E-state index contributed by atoms with van der Waals surface area (Å²) in [7, 11) is 0. The van der Waals surface area contributed by atoms with E-state index in [0.29, 0.717) is 5.88 Å². The van der Waals surface area contributed by atoms with Gasteiger partial charge in [0.05, 0.1) is 16.1 Å². The molecule has 0 atom stereocenters. The fourth-order valence-electron chi connectivity index (χ4n) is 1.14. The van der Waals surface area contributed by atoms with E-state index in [4.69, 9.17) is 11.6 Å². The van der Waals surface area contributed by atoms with Crippen LogP contribution in [0.15, 0.2) is 23.1 Å². The summed E-state index contributed by atoms with van der Waals surface area (Å²) in [4.78, 5) is 5.66. The van der Waals surface area contributed by atoms with Crippen LogP contribution in [-0.4, -0.2) is 11.2 Å². The lowest BCUT2D eigenvalue weighted by atomic mass is 10.3. The van der Waals surface area contributed by atoms with Crippen LogP contribution in [0.2, 0.25) is 0 Å². The van der Waals surface area contributed by atoms with E-state index in [1.165, 1.54) is 9.60 Å². The zero-order chi connectivity index (χ0) is 9.26. The highest BCUT2D eigenvalue weighted by Crippen LogP contribution is 2.26. The molecule has 0 spiro atoms. The lowest BCUT2D eigenvalue weighted by Crippen LogP contribution is -1.73. The van der Waals surface area contributed by atoms with Crippen molar-refractivity contribution in [3.05, 3.63) is 23.2 Å². The largest absolute Gasteiger partial charge is 0.240 e. The molecule has 0 bridgehead atoms. The van der Waals surface area contributed by atoms with Crippen LogP contribution in [0, 0.1) is 0 Å². The number of thioether (sulfide) groups is 1. The number of benzene rings is 1. The second-order valence-electron chi connectivity index (χ2n) is 2.57. The van der Waals surface area contributed by atoms with E-state index in [-0.39, 0.29) is 0 Å². The van der Waals surface area contributed by atoms with Crippen molar-refractivity contribution in [1.82, 2.24) is 4.98 Å². The van der Waals surface area contributed by atoms with Crippen LogP contribution in [0.5, 0.6) is 0 Å². The molecule has 0 unspecified atom stereocenters. The highest BCUT2D eigenvalue weighted by Gasteiger charge is 2.02. The Bertz CT molecular complexity index is 422. The van der Waals surface area contributed by atoms with E-state index in [9.17, 15) is 0 Å². The first-order chi connectivity index (χ1) is 6.33. The molecule has 0 saturated heterocycles. The van der Waals surface area contributed by atoms with Crippen molar-refractivity contribution < 1.29 is 0 Å². The number of alkyl halides is 1. The normalized spacial score (nSPS) is 10.9. The van der Waals surface area contributed by atoms with Gasteiger partial charge in [-0.25, -0.2) is 4.98 Å². The van der Waals surface area contributed by atoms with Crippen molar-refractivity contribution in [2.45, 2.75) is 10.8 Å². The second kappa shape index (κ2) is 3.86. The molecule has 0 N–H and O–H groups in total. The molecule has 1 aromatic heterocycles. The minimum absolute atomic E-state index is 0.508. The Hall–Kier alpha value is -0.250. The summed E-state index contributed by atoms with van der Waals surface area (Å²) >= 11 is 9.11. The van der Waals surface area contributed by atoms with E-state index in [2.05, 4.69) is 29.4 Å². The summed E-state index contributed by atoms with van der Waals surface area (Å²) in [5.74, 6) is 0.508. The third-order valence-corrected chi connectivity index (χ3v) is 3.93. The fraction of sp³-hybridized carbons (Fsp3) is 0.222. The van der Waals surface area contributed by atoms with Gasteiger partial charge in [0.25, 0.3) is 0 Å². The molecule has 0 aliphatic carbocycles. The quantitative estimate of drug-likeness (QED) is 0.575. The van der Waals surface area contributed by atoms with Crippen LogP contribution in [0.25, 0.3) is 10.2 Å². The molecule has 0 aliphatic rings. The minimum Gasteiger partial charge on any atom is -0.240 e. The highest BCUT2D eigenvalue weighted by atomic mass is 35.5. The monoisotopic (exact) mass is 229 g/mol. The Morgan fingerprint density at radius 1 is 1.54 bits per heavy atom. The third-order valence-electron chi connectivity index (χ3n) is 1.75. The number of aromatic nitrogens is 1. The highest BCUT2D eigenvalue weighted by molar-refractivity contribution is 7.98. The summed E-state index contributed by atoms with van der Waals surface area (Å²) in [6.45, 7) is 0. The molecule has 1 heterocycles. The first kappa shape index (κ1) is 9.31. The van der Waals surface area contributed by atoms with E-state index in [0.717, 1.165) is 10.5 Å². The zero-order valence-electron chi connectivity index (χ0n) is 7.08. The molecule has 1 aromatic carbocycles. The summed E-state index contributed by atoms with van der Waals surface area (Å²) in [6.07, 6.45) is 2.07. The lowest BCUT2D eigenvalue weighted by Gasteiger charge is -1.93. The molecule has 68 valence electrons. The van der Waals surface area contributed by atoms with Gasteiger partial charge in [-0.3, -0.25) is 0 Å². The van der Waals surface area contributed by atoms with Crippen LogP contribution < -0.4 is 0 Å². The lowest BCUT2D eigenvalue weighted by molar-refractivity contribution is 1.29. The average Bonchev–Trinajstić information content (AvgIpc) is 2.58. The van der Waals surface area contributed by atoms with Crippen molar-refractivity contribution >= 4 is 44.9 Å². The van der Waals surface area contributed by atoms with Gasteiger partial charge in [0.15, 0.2) is 0 Å². The second-order valence-corrected chi connectivity index (χ2v) is 4.84. The van der Waals surface area contributed by atoms with Crippen LogP contribution in [0.4, 0.5) is 0 Å². The molecule has 4 heteroatoms. The van der Waals surface area contributed by atoms with Gasteiger partial charge in [-0.1, -0.05) is 0 Å². The van der Waals surface area contributed by atoms with Gasteiger partial charge in [0.2, 0.25) is 0 Å². The minimum atomic E-state index is 0.508. The van der Waals surface area contributed by atoms with E-state index in [1.54, 1.807) is 23.1 Å². The Morgan fingerprint density at radius 2 is 2.38 bits per heavy atom. The number of fused-ring (bicyclic) bond motifs is 1. The van der Waals surface area contributed by atoms with Crippen molar-refractivity contribution in [2.75, 3.05) is 6.26 Å². The van der Waals surface area contributed by atoms with Gasteiger partial charge in [-0.15, -0.1) is 34.7 Å². The number of nitrogens with zero attached hydrogens (tertiary/aromatic N) is 1. The predicted octanol–water partition coefficient (Wildman–Crippen LogP) is 3.76. The first-order valence-corrected chi connectivity index (χ1v) is 6.40. The smallest absolute Gasteiger partial charge is 0.109 e.